The van der Waals surface area contributed by atoms with Gasteiger partial charge >= 0.3 is 0 Å². The lowest BCUT2D eigenvalue weighted by atomic mass is 10.1. The van der Waals surface area contributed by atoms with Gasteiger partial charge in [0.1, 0.15) is 5.71 Å². The molecular formula is C9H7ClN2O. The Kier molecular flexibility index (Phi) is 1.81. The largest absolute Gasteiger partial charge is 0.365 e. The summed E-state index contributed by atoms with van der Waals surface area (Å²) in [6.07, 6.45) is 0.491. The van der Waals surface area contributed by atoms with Gasteiger partial charge in [-0.2, -0.15) is 0 Å². The summed E-state index contributed by atoms with van der Waals surface area (Å²) in [6, 6.07) is 5.33. The predicted molar refractivity (Wildman–Crippen MR) is 51.4 cm³/mol. The molecule has 13 heavy (non-hydrogen) atoms. The third-order valence-corrected chi connectivity index (χ3v) is 2.17. The highest BCUT2D eigenvalue weighted by Gasteiger charge is 2.18. The van der Waals surface area contributed by atoms with Crippen molar-refractivity contribution in [1.82, 2.24) is 0 Å². The topological polar surface area (TPSA) is 55.5 Å². The van der Waals surface area contributed by atoms with Crippen LogP contribution in [0, 0.1) is 0 Å². The molecule has 2 N–H and O–H groups in total. The molecule has 0 fully saturated rings. The molecule has 0 saturated heterocycles. The average Bonchev–Trinajstić information content (AvgIpc) is 2.46. The number of halogens is 1. The van der Waals surface area contributed by atoms with Gasteiger partial charge in [0.2, 0.25) is 0 Å². The fraction of sp³-hybridized carbons (Fsp3) is 0.111. The summed E-state index contributed by atoms with van der Waals surface area (Å²) in [7, 11) is 0. The molecule has 1 aliphatic heterocycles. The molecule has 0 bridgehead atoms. The quantitative estimate of drug-likeness (QED) is 0.723. The third-order valence-electron chi connectivity index (χ3n) is 1.94. The molecule has 0 spiro atoms. The Morgan fingerprint density at radius 3 is 3.00 bits per heavy atom. The van der Waals surface area contributed by atoms with Crippen molar-refractivity contribution in [3.63, 3.8) is 0 Å². The van der Waals surface area contributed by atoms with E-state index in [2.05, 4.69) is 4.99 Å². The number of hydrogen-bond donors (Lipinski definition) is 1. The Balaban J connectivity index is 2.41. The van der Waals surface area contributed by atoms with Crippen molar-refractivity contribution in [3.05, 3.63) is 28.8 Å². The SMILES string of the molecule is NC(=O)C1=Nc2ccc(Cl)cc2C1. The van der Waals surface area contributed by atoms with Gasteiger partial charge in [0.15, 0.2) is 0 Å². The van der Waals surface area contributed by atoms with Crippen LogP contribution < -0.4 is 5.73 Å². The van der Waals surface area contributed by atoms with Crippen LogP contribution in [0.25, 0.3) is 0 Å². The van der Waals surface area contributed by atoms with E-state index in [0.717, 1.165) is 11.3 Å². The molecule has 0 aliphatic carbocycles. The summed E-state index contributed by atoms with van der Waals surface area (Å²) in [4.78, 5) is 14.9. The predicted octanol–water partition coefficient (Wildman–Crippen LogP) is 1.45. The van der Waals surface area contributed by atoms with Gasteiger partial charge in [-0.1, -0.05) is 11.6 Å². The van der Waals surface area contributed by atoms with Crippen molar-refractivity contribution in [3.8, 4) is 0 Å². The molecule has 1 amide bonds. The van der Waals surface area contributed by atoms with Crippen molar-refractivity contribution in [1.29, 1.82) is 0 Å². The standard InChI is InChI=1S/C9H7ClN2O/c10-6-1-2-7-5(3-6)4-8(12-7)9(11)13/h1-3H,4H2,(H2,11,13). The Hall–Kier alpha value is -1.35. The van der Waals surface area contributed by atoms with E-state index >= 15 is 0 Å². The Labute approximate surface area is 80.2 Å². The molecule has 3 nitrogen and oxygen atoms in total. The summed E-state index contributed by atoms with van der Waals surface area (Å²) < 4.78 is 0. The second-order valence-corrected chi connectivity index (χ2v) is 3.31. The fourth-order valence-corrected chi connectivity index (χ4v) is 1.51. The van der Waals surface area contributed by atoms with E-state index in [1.165, 1.54) is 0 Å². The van der Waals surface area contributed by atoms with Crippen LogP contribution in [-0.2, 0) is 11.2 Å². The highest BCUT2D eigenvalue weighted by atomic mass is 35.5. The molecule has 66 valence electrons. The molecule has 0 atom stereocenters. The summed E-state index contributed by atoms with van der Waals surface area (Å²) in [5.41, 5.74) is 7.26. The minimum Gasteiger partial charge on any atom is -0.365 e. The average molecular weight is 195 g/mol. The van der Waals surface area contributed by atoms with Gasteiger partial charge in [-0.3, -0.25) is 4.79 Å². The number of carbonyl (C=O) groups is 1. The van der Waals surface area contributed by atoms with Crippen LogP contribution in [0.15, 0.2) is 23.2 Å². The summed E-state index contributed by atoms with van der Waals surface area (Å²) in [5.74, 6) is -0.465. The number of hydrogen-bond acceptors (Lipinski definition) is 2. The van der Waals surface area contributed by atoms with Crippen LogP contribution in [-0.4, -0.2) is 11.6 Å². The van der Waals surface area contributed by atoms with Crippen molar-refractivity contribution in [2.24, 2.45) is 10.7 Å². The molecular weight excluding hydrogens is 188 g/mol. The lowest BCUT2D eigenvalue weighted by molar-refractivity contribution is -0.112. The first-order valence-electron chi connectivity index (χ1n) is 3.82. The van der Waals surface area contributed by atoms with Gasteiger partial charge in [0, 0.05) is 11.4 Å². The minimum atomic E-state index is -0.465. The number of nitrogens with zero attached hydrogens (tertiary/aromatic N) is 1. The highest BCUT2D eigenvalue weighted by Crippen LogP contribution is 2.28. The monoisotopic (exact) mass is 194 g/mol. The third kappa shape index (κ3) is 1.42. The van der Waals surface area contributed by atoms with E-state index in [9.17, 15) is 4.79 Å². The molecule has 0 saturated carbocycles. The van der Waals surface area contributed by atoms with Crippen molar-refractivity contribution in [2.45, 2.75) is 6.42 Å². The van der Waals surface area contributed by atoms with E-state index in [4.69, 9.17) is 17.3 Å². The maximum absolute atomic E-state index is 10.8. The van der Waals surface area contributed by atoms with Gasteiger partial charge < -0.3 is 5.73 Å². The van der Waals surface area contributed by atoms with Gasteiger partial charge in [-0.25, -0.2) is 4.99 Å². The summed E-state index contributed by atoms with van der Waals surface area (Å²) in [5, 5.41) is 0.652. The Morgan fingerprint density at radius 1 is 1.54 bits per heavy atom. The Morgan fingerprint density at radius 2 is 2.31 bits per heavy atom. The number of nitrogens with two attached hydrogens (primary N) is 1. The first kappa shape index (κ1) is 8.26. The van der Waals surface area contributed by atoms with E-state index in [1.807, 2.05) is 0 Å². The number of fused-ring (bicyclic) bond motifs is 1. The molecule has 1 aromatic carbocycles. The number of carbonyl (C=O) groups excluding carboxylic acids is 1. The molecule has 4 heteroatoms. The normalized spacial score (nSPS) is 13.8. The van der Waals surface area contributed by atoms with Gasteiger partial charge in [-0.15, -0.1) is 0 Å². The first-order valence-corrected chi connectivity index (χ1v) is 4.20. The molecule has 1 heterocycles. The number of benzene rings is 1. The van der Waals surface area contributed by atoms with Crippen LogP contribution in [0.2, 0.25) is 5.02 Å². The number of primary amides is 1. The van der Waals surface area contributed by atoms with E-state index in [0.29, 0.717) is 17.2 Å². The highest BCUT2D eigenvalue weighted by molar-refractivity contribution is 6.40. The minimum absolute atomic E-state index is 0.400. The zero-order valence-electron chi connectivity index (χ0n) is 6.75. The molecule has 0 radical (unpaired) electrons. The number of aliphatic imine (C=N–C) groups is 1. The second kappa shape index (κ2) is 2.85. The lowest BCUT2D eigenvalue weighted by Crippen LogP contribution is -2.22. The maximum atomic E-state index is 10.8. The first-order chi connectivity index (χ1) is 6.16. The second-order valence-electron chi connectivity index (χ2n) is 2.87. The van der Waals surface area contributed by atoms with Crippen LogP contribution in [0.5, 0.6) is 0 Å². The van der Waals surface area contributed by atoms with Crippen molar-refractivity contribution < 1.29 is 4.79 Å². The summed E-state index contributed by atoms with van der Waals surface area (Å²) >= 11 is 5.78. The van der Waals surface area contributed by atoms with Gasteiger partial charge in [0.25, 0.3) is 5.91 Å². The molecule has 1 aliphatic rings. The zero-order valence-corrected chi connectivity index (χ0v) is 7.51. The zero-order chi connectivity index (χ0) is 9.42. The molecule has 2 rings (SSSR count). The molecule has 0 aromatic heterocycles. The van der Waals surface area contributed by atoms with Crippen molar-refractivity contribution >= 4 is 28.9 Å². The Bertz CT molecular complexity index is 412. The van der Waals surface area contributed by atoms with E-state index < -0.39 is 5.91 Å². The van der Waals surface area contributed by atoms with Crippen LogP contribution in [0.1, 0.15) is 5.56 Å². The molecule has 0 unspecified atom stereocenters. The summed E-state index contributed by atoms with van der Waals surface area (Å²) in [6.45, 7) is 0. The van der Waals surface area contributed by atoms with Gasteiger partial charge in [0.05, 0.1) is 5.69 Å². The van der Waals surface area contributed by atoms with E-state index in [1.54, 1.807) is 18.2 Å². The van der Waals surface area contributed by atoms with Crippen molar-refractivity contribution in [2.75, 3.05) is 0 Å². The van der Waals surface area contributed by atoms with Crippen LogP contribution >= 0.6 is 11.6 Å². The smallest absolute Gasteiger partial charge is 0.263 e. The fourth-order valence-electron chi connectivity index (χ4n) is 1.31. The number of rotatable bonds is 1. The lowest BCUT2D eigenvalue weighted by Gasteiger charge is -1.95. The molecule has 1 aromatic rings. The van der Waals surface area contributed by atoms with Gasteiger partial charge in [-0.05, 0) is 23.8 Å². The number of amides is 1. The van der Waals surface area contributed by atoms with E-state index in [-0.39, 0.29) is 0 Å². The van der Waals surface area contributed by atoms with Crippen LogP contribution in [0.3, 0.4) is 0 Å². The maximum Gasteiger partial charge on any atom is 0.263 e. The van der Waals surface area contributed by atoms with Crippen LogP contribution in [0.4, 0.5) is 5.69 Å².